The predicted octanol–water partition coefficient (Wildman–Crippen LogP) is 6.18. The minimum absolute atomic E-state index is 0.0188. The molecule has 6 aromatic rings. The van der Waals surface area contributed by atoms with Gasteiger partial charge < -0.3 is 44.1 Å². The molecular formula is C46H62N12O3Si. The second-order valence-electron chi connectivity index (χ2n) is 19.7. The van der Waals surface area contributed by atoms with Gasteiger partial charge in [0.25, 0.3) is 0 Å². The Hall–Kier alpha value is -5.16. The number of aliphatic hydroxyl groups is 2. The van der Waals surface area contributed by atoms with Crippen molar-refractivity contribution >= 4 is 53.4 Å². The van der Waals surface area contributed by atoms with Crippen LogP contribution in [0.15, 0.2) is 73.8 Å². The number of hydrogen-bond acceptors (Lipinski definition) is 13. The van der Waals surface area contributed by atoms with Gasteiger partial charge in [0, 0.05) is 114 Å². The van der Waals surface area contributed by atoms with Crippen molar-refractivity contribution in [1.82, 2.24) is 39.5 Å². The third-order valence-electron chi connectivity index (χ3n) is 13.9. The lowest BCUT2D eigenvalue weighted by molar-refractivity contribution is 0.0899. The van der Waals surface area contributed by atoms with Gasteiger partial charge in [-0.15, -0.1) is 0 Å². The first-order chi connectivity index (χ1) is 29.9. The van der Waals surface area contributed by atoms with Crippen molar-refractivity contribution in [2.45, 2.75) is 72.3 Å². The Bertz CT molecular complexity index is 2490. The fourth-order valence-electron chi connectivity index (χ4n) is 10.5. The molecule has 0 amide bonds. The Balaban J connectivity index is 0.000000163. The van der Waals surface area contributed by atoms with E-state index in [1.165, 1.54) is 0 Å². The SMILES string of the molecule is C[C@]12CN(c3ncccc3CO)C[C@H]1CCN(c1ncnc3[nH]ccc13)C2.C[C@]12CN(c3ncccc3CO)C[C@H]1CCN(c1ncnc3c1ccn3COCC[Si](C)(C)C)C2. The molecule has 16 heteroatoms. The fourth-order valence-corrected chi connectivity index (χ4v) is 11.2. The zero-order valence-corrected chi connectivity index (χ0v) is 37.9. The van der Waals surface area contributed by atoms with Crippen LogP contribution in [-0.4, -0.2) is 117 Å². The number of nitrogens with one attached hydrogen (secondary N) is 1. The van der Waals surface area contributed by atoms with E-state index in [2.05, 4.69) is 106 Å². The number of hydrogen-bond donors (Lipinski definition) is 3. The summed E-state index contributed by atoms with van der Waals surface area (Å²) in [5.41, 5.74) is 3.92. The number of aliphatic hydroxyl groups excluding tert-OH is 2. The van der Waals surface area contributed by atoms with Crippen LogP contribution < -0.4 is 19.6 Å². The zero-order chi connectivity index (χ0) is 43.1. The van der Waals surface area contributed by atoms with Crippen molar-refractivity contribution in [3.8, 4) is 0 Å². The number of H-pyrrole nitrogens is 1. The highest BCUT2D eigenvalue weighted by molar-refractivity contribution is 6.76. The fraction of sp³-hybridized carbons (Fsp3) is 0.522. The predicted molar refractivity (Wildman–Crippen MR) is 247 cm³/mol. The topological polar surface area (TPSA) is 161 Å². The van der Waals surface area contributed by atoms with Gasteiger partial charge >= 0.3 is 0 Å². The maximum Gasteiger partial charge on any atom is 0.147 e. The summed E-state index contributed by atoms with van der Waals surface area (Å²) in [5, 5.41) is 21.7. The molecule has 62 heavy (non-hydrogen) atoms. The van der Waals surface area contributed by atoms with Crippen molar-refractivity contribution in [3.05, 3.63) is 85.0 Å². The van der Waals surface area contributed by atoms with E-state index in [0.29, 0.717) is 18.6 Å². The maximum atomic E-state index is 9.80. The van der Waals surface area contributed by atoms with Crippen LogP contribution in [0.25, 0.3) is 22.1 Å². The van der Waals surface area contributed by atoms with E-state index in [1.54, 1.807) is 12.7 Å². The first-order valence-corrected chi connectivity index (χ1v) is 25.9. The van der Waals surface area contributed by atoms with E-state index in [9.17, 15) is 10.2 Å². The van der Waals surface area contributed by atoms with Gasteiger partial charge in [-0.25, -0.2) is 29.9 Å². The average molecular weight is 859 g/mol. The van der Waals surface area contributed by atoms with Crippen LogP contribution in [0.1, 0.15) is 37.8 Å². The Morgan fingerprint density at radius 1 is 0.694 bits per heavy atom. The van der Waals surface area contributed by atoms with Crippen molar-refractivity contribution < 1.29 is 14.9 Å². The molecule has 0 radical (unpaired) electrons. The molecule has 4 aliphatic heterocycles. The molecule has 10 rings (SSSR count). The molecule has 4 atom stereocenters. The molecule has 0 spiro atoms. The summed E-state index contributed by atoms with van der Waals surface area (Å²) in [6.45, 7) is 21.0. The van der Waals surface area contributed by atoms with Gasteiger partial charge in [0.2, 0.25) is 0 Å². The van der Waals surface area contributed by atoms with Gasteiger partial charge in [-0.3, -0.25) is 0 Å². The first-order valence-electron chi connectivity index (χ1n) is 22.2. The van der Waals surface area contributed by atoms with Crippen LogP contribution in [-0.2, 0) is 24.7 Å². The summed E-state index contributed by atoms with van der Waals surface area (Å²) in [6, 6.07) is 13.1. The molecule has 6 aromatic heterocycles. The number of pyridine rings is 2. The van der Waals surface area contributed by atoms with Crippen LogP contribution >= 0.6 is 0 Å². The van der Waals surface area contributed by atoms with Gasteiger partial charge in [-0.2, -0.15) is 0 Å². The van der Waals surface area contributed by atoms with E-state index >= 15 is 0 Å². The summed E-state index contributed by atoms with van der Waals surface area (Å²) in [7, 11) is -1.10. The number of aromatic amines is 1. The maximum absolute atomic E-state index is 9.80. The normalized spacial score (nSPS) is 23.8. The van der Waals surface area contributed by atoms with Crippen molar-refractivity contribution in [3.63, 3.8) is 0 Å². The molecule has 0 saturated carbocycles. The standard InChI is InChI=1S/C26H38N6O2Si.C20H24N6O/c1-26-16-30(10-7-21(26)14-32(17-26)23-20(15-33)6-5-9-27-23)24-22-8-11-31(25(22)29-18-28-24)19-34-12-13-35(2,3)4;1-20-11-25(19-16-4-7-21-17(16)23-13-24-19)8-5-15(20)9-26(12-20)18-14(10-27)3-2-6-22-18/h5-6,8-9,11,18,21,33H,7,10,12-17,19H2,1-4H3;2-4,6-7,13,15,27H,5,8-12H2,1H3,(H,21,23,24)/t21-,26+;15-,20+/m11/s1. The van der Waals surface area contributed by atoms with Gasteiger partial charge in [-0.05, 0) is 55.0 Å². The summed E-state index contributed by atoms with van der Waals surface area (Å²) < 4.78 is 8.08. The molecule has 3 N–H and O–H groups in total. The minimum Gasteiger partial charge on any atom is -0.392 e. The van der Waals surface area contributed by atoms with E-state index in [4.69, 9.17) is 9.72 Å². The Labute approximate surface area is 365 Å². The molecule has 4 saturated heterocycles. The minimum atomic E-state index is -1.10. The lowest BCUT2D eigenvalue weighted by Gasteiger charge is -2.42. The van der Waals surface area contributed by atoms with E-state index in [-0.39, 0.29) is 24.0 Å². The van der Waals surface area contributed by atoms with Crippen LogP contribution in [0, 0.1) is 22.7 Å². The van der Waals surface area contributed by atoms with E-state index < -0.39 is 8.07 Å². The molecule has 15 nitrogen and oxygen atoms in total. The third kappa shape index (κ3) is 8.37. The Morgan fingerprint density at radius 3 is 1.84 bits per heavy atom. The lowest BCUT2D eigenvalue weighted by atomic mass is 9.75. The number of aromatic nitrogens is 8. The van der Waals surface area contributed by atoms with Crippen molar-refractivity contribution in [2.75, 3.05) is 78.6 Å². The zero-order valence-electron chi connectivity index (χ0n) is 36.9. The number of fused-ring (bicyclic) bond motifs is 4. The van der Waals surface area contributed by atoms with Crippen LogP contribution in [0.4, 0.5) is 23.3 Å². The Morgan fingerprint density at radius 2 is 1.26 bits per heavy atom. The largest absolute Gasteiger partial charge is 0.392 e. The van der Waals surface area contributed by atoms with Gasteiger partial charge in [0.1, 0.15) is 54.0 Å². The summed E-state index contributed by atoms with van der Waals surface area (Å²) in [4.78, 5) is 40.1. The molecule has 0 unspecified atom stereocenters. The second-order valence-corrected chi connectivity index (χ2v) is 25.3. The summed E-state index contributed by atoms with van der Waals surface area (Å²) in [6.07, 6.45) is 13.2. The number of anilines is 4. The molecule has 4 aliphatic rings. The highest BCUT2D eigenvalue weighted by Gasteiger charge is 2.49. The molecule has 328 valence electrons. The van der Waals surface area contributed by atoms with Crippen LogP contribution in [0.5, 0.6) is 0 Å². The van der Waals surface area contributed by atoms with Gasteiger partial charge in [0.15, 0.2) is 0 Å². The van der Waals surface area contributed by atoms with Crippen molar-refractivity contribution in [2.24, 2.45) is 22.7 Å². The molecule has 0 bridgehead atoms. The number of nitrogens with zero attached hydrogens (tertiary/aromatic N) is 11. The first kappa shape index (κ1) is 42.2. The number of piperidine rings is 2. The van der Waals surface area contributed by atoms with E-state index in [0.717, 1.165) is 134 Å². The average Bonchev–Trinajstić information content (AvgIpc) is 4.08. The quantitative estimate of drug-likeness (QED) is 0.100. The van der Waals surface area contributed by atoms with Gasteiger partial charge in [-0.1, -0.05) is 45.6 Å². The monoisotopic (exact) mass is 858 g/mol. The summed E-state index contributed by atoms with van der Waals surface area (Å²) >= 11 is 0. The lowest BCUT2D eigenvalue weighted by Crippen LogP contribution is -2.47. The van der Waals surface area contributed by atoms with Crippen LogP contribution in [0.2, 0.25) is 25.7 Å². The smallest absolute Gasteiger partial charge is 0.147 e. The molecule has 4 fully saturated rings. The van der Waals surface area contributed by atoms with E-state index in [1.807, 2.05) is 42.9 Å². The van der Waals surface area contributed by atoms with Crippen molar-refractivity contribution in [1.29, 1.82) is 0 Å². The molecule has 10 heterocycles. The Kier molecular flexibility index (Phi) is 11.7. The third-order valence-corrected chi connectivity index (χ3v) is 15.6. The van der Waals surface area contributed by atoms with Gasteiger partial charge in [0.05, 0.1) is 24.0 Å². The molecule has 0 aromatic carbocycles. The molecular weight excluding hydrogens is 797 g/mol. The second kappa shape index (κ2) is 17.2. The highest BCUT2D eigenvalue weighted by Crippen LogP contribution is 2.46. The highest BCUT2D eigenvalue weighted by atomic mass is 28.3. The van der Waals surface area contributed by atoms with Crippen LogP contribution in [0.3, 0.4) is 0 Å². The number of rotatable bonds is 11. The molecule has 0 aliphatic carbocycles. The number of ether oxygens (including phenoxy) is 1. The summed E-state index contributed by atoms with van der Waals surface area (Å²) in [5.74, 6) is 5.10.